The van der Waals surface area contributed by atoms with Gasteiger partial charge in [0.05, 0.1) is 4.92 Å². The third kappa shape index (κ3) is 2.21. The molecule has 17 heavy (non-hydrogen) atoms. The molecule has 6 heteroatoms. The molecule has 1 aromatic heterocycles. The van der Waals surface area contributed by atoms with E-state index in [4.69, 9.17) is 5.73 Å². The molecule has 1 aromatic rings. The summed E-state index contributed by atoms with van der Waals surface area (Å²) in [5, 5.41) is 10.9. The molecule has 1 unspecified atom stereocenters. The molecule has 0 radical (unpaired) electrons. The third-order valence-corrected chi connectivity index (χ3v) is 3.31. The number of aromatic nitrogens is 1. The van der Waals surface area contributed by atoms with Crippen molar-refractivity contribution in [2.24, 2.45) is 11.1 Å². The molecule has 0 bridgehead atoms. The van der Waals surface area contributed by atoms with Gasteiger partial charge in [-0.2, -0.15) is 0 Å². The van der Waals surface area contributed by atoms with Crippen LogP contribution in [-0.4, -0.2) is 29.5 Å². The first-order valence-corrected chi connectivity index (χ1v) is 5.60. The fourth-order valence-electron chi connectivity index (χ4n) is 2.15. The summed E-state index contributed by atoms with van der Waals surface area (Å²) < 4.78 is 0. The highest BCUT2D eigenvalue weighted by atomic mass is 16.6. The molecule has 0 spiro atoms. The van der Waals surface area contributed by atoms with Gasteiger partial charge < -0.3 is 10.6 Å². The molecule has 1 aliphatic heterocycles. The Labute approximate surface area is 99.6 Å². The van der Waals surface area contributed by atoms with Crippen LogP contribution in [0.4, 0.5) is 11.5 Å². The number of nitrogens with two attached hydrogens (primary N) is 1. The van der Waals surface area contributed by atoms with E-state index in [2.05, 4.69) is 11.9 Å². The van der Waals surface area contributed by atoms with Crippen molar-refractivity contribution in [3.8, 4) is 0 Å². The summed E-state index contributed by atoms with van der Waals surface area (Å²) >= 11 is 0. The summed E-state index contributed by atoms with van der Waals surface area (Å²) in [5.41, 5.74) is 5.82. The lowest BCUT2D eigenvalue weighted by Crippen LogP contribution is -2.31. The van der Waals surface area contributed by atoms with Crippen LogP contribution in [0.15, 0.2) is 18.3 Å². The first-order chi connectivity index (χ1) is 8.06. The number of hydrogen-bond acceptors (Lipinski definition) is 5. The third-order valence-electron chi connectivity index (χ3n) is 3.31. The Morgan fingerprint density at radius 2 is 2.47 bits per heavy atom. The van der Waals surface area contributed by atoms with Crippen LogP contribution in [0.5, 0.6) is 0 Å². The minimum Gasteiger partial charge on any atom is -0.350 e. The average molecular weight is 236 g/mol. The molecular formula is C11H16N4O2. The van der Waals surface area contributed by atoms with Crippen molar-refractivity contribution in [1.82, 2.24) is 4.98 Å². The van der Waals surface area contributed by atoms with Crippen LogP contribution >= 0.6 is 0 Å². The number of hydrogen-bond donors (Lipinski definition) is 1. The van der Waals surface area contributed by atoms with Crippen molar-refractivity contribution < 1.29 is 4.92 Å². The molecule has 92 valence electrons. The second-order valence-electron chi connectivity index (χ2n) is 4.79. The molecular weight excluding hydrogens is 220 g/mol. The molecule has 6 nitrogen and oxygen atoms in total. The van der Waals surface area contributed by atoms with E-state index in [0.29, 0.717) is 12.4 Å². The number of anilines is 1. The minimum atomic E-state index is -0.388. The number of pyridine rings is 1. The second-order valence-corrected chi connectivity index (χ2v) is 4.79. The van der Waals surface area contributed by atoms with Crippen molar-refractivity contribution in [3.63, 3.8) is 0 Å². The predicted molar refractivity (Wildman–Crippen MR) is 64.9 cm³/mol. The molecule has 0 saturated carbocycles. The zero-order valence-electron chi connectivity index (χ0n) is 9.80. The summed E-state index contributed by atoms with van der Waals surface area (Å²) in [6, 6.07) is 3.07. The van der Waals surface area contributed by atoms with Gasteiger partial charge in [0.15, 0.2) is 0 Å². The Hall–Kier alpha value is -1.69. The lowest BCUT2D eigenvalue weighted by Gasteiger charge is -2.22. The van der Waals surface area contributed by atoms with Crippen LogP contribution in [0.25, 0.3) is 0 Å². The summed E-state index contributed by atoms with van der Waals surface area (Å²) in [6.45, 7) is 4.18. The smallest absolute Gasteiger partial charge is 0.311 e. The minimum absolute atomic E-state index is 0.0331. The molecule has 1 fully saturated rings. The summed E-state index contributed by atoms with van der Waals surface area (Å²) in [6.07, 6.45) is 2.53. The van der Waals surface area contributed by atoms with Gasteiger partial charge in [-0.05, 0) is 24.4 Å². The van der Waals surface area contributed by atoms with Gasteiger partial charge in [0.2, 0.25) is 5.82 Å². The highest BCUT2D eigenvalue weighted by molar-refractivity contribution is 5.58. The van der Waals surface area contributed by atoms with Crippen LogP contribution in [0.2, 0.25) is 0 Å². The van der Waals surface area contributed by atoms with Gasteiger partial charge in [0.25, 0.3) is 0 Å². The van der Waals surface area contributed by atoms with E-state index >= 15 is 0 Å². The first-order valence-electron chi connectivity index (χ1n) is 5.60. The Balaban J connectivity index is 2.27. The summed E-state index contributed by atoms with van der Waals surface area (Å²) in [4.78, 5) is 16.6. The molecule has 2 heterocycles. The maximum absolute atomic E-state index is 10.9. The molecule has 0 aromatic carbocycles. The zero-order valence-corrected chi connectivity index (χ0v) is 9.80. The van der Waals surface area contributed by atoms with Crippen LogP contribution in [0.3, 0.4) is 0 Å². The predicted octanol–water partition coefficient (Wildman–Crippen LogP) is 1.16. The van der Waals surface area contributed by atoms with E-state index in [1.54, 1.807) is 12.3 Å². The zero-order chi connectivity index (χ0) is 12.5. The molecule has 0 aliphatic carbocycles. The lowest BCUT2D eigenvalue weighted by molar-refractivity contribution is -0.384. The molecule has 0 amide bonds. The molecule has 2 rings (SSSR count). The van der Waals surface area contributed by atoms with Crippen molar-refractivity contribution in [2.75, 3.05) is 24.5 Å². The van der Waals surface area contributed by atoms with Crippen molar-refractivity contribution in [2.45, 2.75) is 13.3 Å². The number of rotatable bonds is 3. The van der Waals surface area contributed by atoms with Crippen molar-refractivity contribution in [1.29, 1.82) is 0 Å². The topological polar surface area (TPSA) is 85.3 Å². The van der Waals surface area contributed by atoms with Crippen LogP contribution in [0.1, 0.15) is 13.3 Å². The largest absolute Gasteiger partial charge is 0.350 e. The fraction of sp³-hybridized carbons (Fsp3) is 0.545. The molecule has 1 aliphatic rings. The van der Waals surface area contributed by atoms with E-state index in [1.807, 2.05) is 4.90 Å². The van der Waals surface area contributed by atoms with Gasteiger partial charge in [-0.3, -0.25) is 10.1 Å². The van der Waals surface area contributed by atoms with Crippen LogP contribution in [0, 0.1) is 15.5 Å². The van der Waals surface area contributed by atoms with E-state index in [-0.39, 0.29) is 16.0 Å². The summed E-state index contributed by atoms with van der Waals surface area (Å²) in [7, 11) is 0. The Bertz CT molecular complexity index is 437. The number of nitro groups is 1. The standard InChI is InChI=1S/C11H16N4O2/c1-11(7-12)4-6-14(8-11)10-9(15(16)17)3-2-5-13-10/h2-3,5H,4,6-8,12H2,1H3. The van der Waals surface area contributed by atoms with Gasteiger partial charge in [0, 0.05) is 25.4 Å². The lowest BCUT2D eigenvalue weighted by atomic mass is 9.90. The van der Waals surface area contributed by atoms with Crippen molar-refractivity contribution in [3.05, 3.63) is 28.4 Å². The van der Waals surface area contributed by atoms with Gasteiger partial charge in [-0.1, -0.05) is 6.92 Å². The van der Waals surface area contributed by atoms with Gasteiger partial charge >= 0.3 is 5.69 Å². The van der Waals surface area contributed by atoms with Gasteiger partial charge in [-0.25, -0.2) is 4.98 Å². The van der Waals surface area contributed by atoms with Crippen LogP contribution < -0.4 is 10.6 Å². The molecule has 2 N–H and O–H groups in total. The van der Waals surface area contributed by atoms with E-state index < -0.39 is 0 Å². The van der Waals surface area contributed by atoms with E-state index in [1.165, 1.54) is 6.07 Å². The fourth-order valence-corrected chi connectivity index (χ4v) is 2.15. The summed E-state index contributed by atoms with van der Waals surface area (Å²) in [5.74, 6) is 0.453. The second kappa shape index (κ2) is 4.29. The quantitative estimate of drug-likeness (QED) is 0.628. The van der Waals surface area contributed by atoms with E-state index in [9.17, 15) is 10.1 Å². The Morgan fingerprint density at radius 3 is 3.06 bits per heavy atom. The maximum Gasteiger partial charge on any atom is 0.311 e. The highest BCUT2D eigenvalue weighted by Gasteiger charge is 2.35. The van der Waals surface area contributed by atoms with Crippen molar-refractivity contribution >= 4 is 11.5 Å². The maximum atomic E-state index is 10.9. The molecule has 1 atom stereocenters. The van der Waals surface area contributed by atoms with Gasteiger partial charge in [0.1, 0.15) is 0 Å². The van der Waals surface area contributed by atoms with Crippen LogP contribution in [-0.2, 0) is 0 Å². The molecule has 1 saturated heterocycles. The Morgan fingerprint density at radius 1 is 1.71 bits per heavy atom. The number of nitrogens with zero attached hydrogens (tertiary/aromatic N) is 3. The highest BCUT2D eigenvalue weighted by Crippen LogP contribution is 2.34. The monoisotopic (exact) mass is 236 g/mol. The normalized spacial score (nSPS) is 24.0. The Kier molecular flexibility index (Phi) is 2.97. The first kappa shape index (κ1) is 11.8. The average Bonchev–Trinajstić information content (AvgIpc) is 2.73. The van der Waals surface area contributed by atoms with E-state index in [0.717, 1.165) is 19.5 Å². The SMILES string of the molecule is CC1(CN)CCN(c2ncccc2[N+](=O)[O-])C1. The van der Waals surface area contributed by atoms with Gasteiger partial charge in [-0.15, -0.1) is 0 Å².